The van der Waals surface area contributed by atoms with Crippen LogP contribution in [-0.4, -0.2) is 13.4 Å². The minimum Gasteiger partial charge on any atom is -0.259 e. The Balaban J connectivity index is 2.04. The van der Waals surface area contributed by atoms with Gasteiger partial charge in [0.25, 0.3) is 0 Å². The monoisotopic (exact) mass is 426 g/mol. The molecule has 0 bridgehead atoms. The molecule has 1 N–H and O–H groups in total. The fraction of sp³-hybridized carbons (Fsp3) is 0.105. The molecule has 0 saturated carbocycles. The van der Waals surface area contributed by atoms with Crippen molar-refractivity contribution >= 4 is 21.6 Å². The van der Waals surface area contributed by atoms with Crippen molar-refractivity contribution in [3.63, 3.8) is 0 Å². The summed E-state index contributed by atoms with van der Waals surface area (Å²) in [4.78, 5) is 3.64. The van der Waals surface area contributed by atoms with Crippen LogP contribution >= 0.6 is 11.6 Å². The van der Waals surface area contributed by atoms with Gasteiger partial charge in [-0.3, -0.25) is 4.98 Å². The summed E-state index contributed by atoms with van der Waals surface area (Å²) in [5, 5.41) is -0.573. The number of halogens is 4. The van der Waals surface area contributed by atoms with Crippen LogP contribution in [0, 0.1) is 0 Å². The number of alkyl halides is 3. The van der Waals surface area contributed by atoms with E-state index in [9.17, 15) is 21.6 Å². The minimum absolute atomic E-state index is 0.405. The van der Waals surface area contributed by atoms with Gasteiger partial charge in [-0.2, -0.15) is 17.9 Å². The van der Waals surface area contributed by atoms with Gasteiger partial charge in [0.05, 0.1) is 27.2 Å². The van der Waals surface area contributed by atoms with E-state index in [0.717, 1.165) is 12.1 Å². The topological polar surface area (TPSA) is 59.1 Å². The summed E-state index contributed by atoms with van der Waals surface area (Å²) in [5.74, 6) is 0. The van der Waals surface area contributed by atoms with Crippen LogP contribution in [0.15, 0.2) is 77.8 Å². The molecule has 0 amide bonds. The molecule has 0 fully saturated rings. The molecule has 4 nitrogen and oxygen atoms in total. The van der Waals surface area contributed by atoms with Crippen molar-refractivity contribution in [1.82, 2.24) is 9.71 Å². The lowest BCUT2D eigenvalue weighted by molar-refractivity contribution is -0.137. The van der Waals surface area contributed by atoms with E-state index < -0.39 is 37.7 Å². The van der Waals surface area contributed by atoms with Crippen LogP contribution in [0.4, 0.5) is 13.2 Å². The number of rotatable bonds is 5. The molecular formula is C19H14ClF3N2O2S. The highest BCUT2D eigenvalue weighted by atomic mass is 35.5. The average Bonchev–Trinajstić information content (AvgIpc) is 2.67. The zero-order chi connectivity index (χ0) is 20.4. The van der Waals surface area contributed by atoms with E-state index in [-0.39, 0.29) is 0 Å². The molecule has 146 valence electrons. The standard InChI is InChI=1S/C19H14ClF3N2O2S/c20-16-10-9-14(12-15(16)19(21,22)23)28(26,27)25-18(13-6-2-1-3-7-13)17-8-4-5-11-24-17/h1-12,18,25H. The number of pyridine rings is 1. The largest absolute Gasteiger partial charge is 0.417 e. The summed E-state index contributed by atoms with van der Waals surface area (Å²) in [6, 6.07) is 15.2. The van der Waals surface area contributed by atoms with Crippen LogP contribution < -0.4 is 4.72 Å². The molecule has 0 aliphatic carbocycles. The third-order valence-corrected chi connectivity index (χ3v) is 5.69. The van der Waals surface area contributed by atoms with Gasteiger partial charge in [-0.15, -0.1) is 0 Å². The molecule has 0 radical (unpaired) electrons. The highest BCUT2D eigenvalue weighted by molar-refractivity contribution is 7.89. The second-order valence-corrected chi connectivity index (χ2v) is 7.98. The fourth-order valence-corrected chi connectivity index (χ4v) is 4.05. The molecule has 3 aromatic rings. The summed E-state index contributed by atoms with van der Waals surface area (Å²) in [5.41, 5.74) is -0.219. The Labute approximate surface area is 165 Å². The van der Waals surface area contributed by atoms with Gasteiger partial charge in [0, 0.05) is 6.20 Å². The van der Waals surface area contributed by atoms with Crippen molar-refractivity contribution in [3.05, 3.63) is 94.8 Å². The van der Waals surface area contributed by atoms with Gasteiger partial charge in [-0.1, -0.05) is 48.0 Å². The predicted molar refractivity (Wildman–Crippen MR) is 99.3 cm³/mol. The van der Waals surface area contributed by atoms with Gasteiger partial charge in [0.15, 0.2) is 0 Å². The Hall–Kier alpha value is -2.42. The van der Waals surface area contributed by atoms with Crippen molar-refractivity contribution in [2.75, 3.05) is 0 Å². The zero-order valence-electron chi connectivity index (χ0n) is 14.2. The number of hydrogen-bond donors (Lipinski definition) is 1. The highest BCUT2D eigenvalue weighted by Crippen LogP contribution is 2.36. The van der Waals surface area contributed by atoms with Crippen molar-refractivity contribution in [2.45, 2.75) is 17.1 Å². The maximum atomic E-state index is 13.1. The molecule has 1 unspecified atom stereocenters. The molecule has 0 spiro atoms. The summed E-state index contributed by atoms with van der Waals surface area (Å²) < 4.78 is 67.4. The highest BCUT2D eigenvalue weighted by Gasteiger charge is 2.35. The molecule has 9 heteroatoms. The third-order valence-electron chi connectivity index (χ3n) is 3.94. The molecule has 1 aromatic heterocycles. The molecule has 1 heterocycles. The smallest absolute Gasteiger partial charge is 0.259 e. The summed E-state index contributed by atoms with van der Waals surface area (Å²) in [6.07, 6.45) is -3.27. The van der Waals surface area contributed by atoms with Gasteiger partial charge in [0.1, 0.15) is 0 Å². The molecule has 3 rings (SSSR count). The Kier molecular flexibility index (Phi) is 5.74. The second-order valence-electron chi connectivity index (χ2n) is 5.86. The van der Waals surface area contributed by atoms with Gasteiger partial charge < -0.3 is 0 Å². The lowest BCUT2D eigenvalue weighted by atomic mass is 10.0. The summed E-state index contributed by atoms with van der Waals surface area (Å²) in [6.45, 7) is 0. The first-order valence-corrected chi connectivity index (χ1v) is 9.89. The van der Waals surface area contributed by atoms with E-state index in [1.165, 1.54) is 6.20 Å². The minimum atomic E-state index is -4.78. The summed E-state index contributed by atoms with van der Waals surface area (Å²) >= 11 is 5.58. The van der Waals surface area contributed by atoms with E-state index in [1.807, 2.05) is 0 Å². The maximum Gasteiger partial charge on any atom is 0.417 e. The molecule has 0 aliphatic rings. The van der Waals surface area contributed by atoms with Gasteiger partial charge in [-0.25, -0.2) is 8.42 Å². The molecular weight excluding hydrogens is 413 g/mol. The quantitative estimate of drug-likeness (QED) is 0.636. The predicted octanol–water partition coefficient (Wildman–Crippen LogP) is 4.82. The fourth-order valence-electron chi connectivity index (χ4n) is 2.60. The van der Waals surface area contributed by atoms with Crippen molar-refractivity contribution < 1.29 is 21.6 Å². The van der Waals surface area contributed by atoms with Crippen molar-refractivity contribution in [3.8, 4) is 0 Å². The summed E-state index contributed by atoms with van der Waals surface area (Å²) in [7, 11) is -4.30. The van der Waals surface area contributed by atoms with Crippen molar-refractivity contribution in [2.24, 2.45) is 0 Å². The Morgan fingerprint density at radius 3 is 2.25 bits per heavy atom. The van der Waals surface area contributed by atoms with E-state index in [2.05, 4.69) is 9.71 Å². The number of hydrogen-bond acceptors (Lipinski definition) is 3. The van der Waals surface area contributed by atoms with Gasteiger partial charge in [0.2, 0.25) is 10.0 Å². The molecule has 0 aliphatic heterocycles. The van der Waals surface area contributed by atoms with E-state index in [1.54, 1.807) is 48.5 Å². The Morgan fingerprint density at radius 2 is 1.64 bits per heavy atom. The Bertz CT molecular complexity index is 1020. The number of nitrogens with zero attached hydrogens (tertiary/aromatic N) is 1. The first-order valence-electron chi connectivity index (χ1n) is 8.03. The second kappa shape index (κ2) is 7.90. The van der Waals surface area contributed by atoms with Crippen LogP contribution in [0.2, 0.25) is 5.02 Å². The third kappa shape index (κ3) is 4.52. The Morgan fingerprint density at radius 1 is 0.964 bits per heavy atom. The van der Waals surface area contributed by atoms with Crippen molar-refractivity contribution in [1.29, 1.82) is 0 Å². The van der Waals surface area contributed by atoms with Crippen LogP contribution in [-0.2, 0) is 16.2 Å². The first-order chi connectivity index (χ1) is 13.2. The molecule has 0 saturated heterocycles. The van der Waals surface area contributed by atoms with Crippen LogP contribution in [0.1, 0.15) is 22.9 Å². The molecule has 28 heavy (non-hydrogen) atoms. The molecule has 1 atom stereocenters. The van der Waals surface area contributed by atoms with Crippen LogP contribution in [0.3, 0.4) is 0 Å². The maximum absolute atomic E-state index is 13.1. The van der Waals surface area contributed by atoms with E-state index in [4.69, 9.17) is 11.6 Å². The van der Waals surface area contributed by atoms with Crippen LogP contribution in [0.5, 0.6) is 0 Å². The van der Waals surface area contributed by atoms with Gasteiger partial charge >= 0.3 is 6.18 Å². The van der Waals surface area contributed by atoms with Crippen LogP contribution in [0.25, 0.3) is 0 Å². The zero-order valence-corrected chi connectivity index (χ0v) is 15.8. The average molecular weight is 427 g/mol. The number of sulfonamides is 1. The SMILES string of the molecule is O=S(=O)(NC(c1ccccc1)c1ccccn1)c1ccc(Cl)c(C(F)(F)F)c1. The van der Waals surface area contributed by atoms with E-state index >= 15 is 0 Å². The number of aromatic nitrogens is 1. The number of benzene rings is 2. The first kappa shape index (κ1) is 20.3. The van der Waals surface area contributed by atoms with E-state index in [0.29, 0.717) is 17.3 Å². The lowest BCUT2D eigenvalue weighted by Gasteiger charge is -2.19. The lowest BCUT2D eigenvalue weighted by Crippen LogP contribution is -2.30. The normalized spacial score (nSPS) is 13.3. The van der Waals surface area contributed by atoms with Gasteiger partial charge in [-0.05, 0) is 35.9 Å². The molecule has 2 aromatic carbocycles. The number of nitrogens with one attached hydrogen (secondary N) is 1.